The summed E-state index contributed by atoms with van der Waals surface area (Å²) in [7, 11) is 0. The van der Waals surface area contributed by atoms with Gasteiger partial charge in [-0.1, -0.05) is 12.1 Å². The minimum absolute atomic E-state index is 0.221. The maximum absolute atomic E-state index is 13.1. The van der Waals surface area contributed by atoms with E-state index in [9.17, 15) is 4.39 Å². The predicted octanol–water partition coefficient (Wildman–Crippen LogP) is 2.69. The maximum atomic E-state index is 13.1. The zero-order valence-corrected chi connectivity index (χ0v) is 11.8. The Hall–Kier alpha value is -2.01. The van der Waals surface area contributed by atoms with E-state index in [2.05, 4.69) is 20.6 Å². The van der Waals surface area contributed by atoms with Crippen molar-refractivity contribution < 1.29 is 4.39 Å². The van der Waals surface area contributed by atoms with Crippen LogP contribution in [0.4, 0.5) is 10.2 Å². The molecule has 0 amide bonds. The second-order valence-corrected chi connectivity index (χ2v) is 5.33. The summed E-state index contributed by atoms with van der Waals surface area (Å²) in [6.07, 6.45) is 5.84. The van der Waals surface area contributed by atoms with Crippen molar-refractivity contribution in [2.75, 3.05) is 18.4 Å². The molecule has 110 valence electrons. The number of rotatable bonds is 4. The van der Waals surface area contributed by atoms with Crippen molar-refractivity contribution in [2.45, 2.75) is 25.3 Å². The van der Waals surface area contributed by atoms with E-state index in [-0.39, 0.29) is 5.82 Å². The molecule has 0 unspecified atom stereocenters. The third kappa shape index (κ3) is 3.76. The monoisotopic (exact) mass is 286 g/mol. The summed E-state index contributed by atoms with van der Waals surface area (Å²) >= 11 is 0. The Labute approximate surface area is 123 Å². The largest absolute Gasteiger partial charge is 0.365 e. The van der Waals surface area contributed by atoms with Gasteiger partial charge in [0.05, 0.1) is 18.1 Å². The number of halogens is 1. The van der Waals surface area contributed by atoms with Crippen molar-refractivity contribution in [1.82, 2.24) is 15.3 Å². The van der Waals surface area contributed by atoms with E-state index in [4.69, 9.17) is 0 Å². The Bertz CT molecular complexity index is 579. The minimum atomic E-state index is -0.221. The summed E-state index contributed by atoms with van der Waals surface area (Å²) in [6.45, 7) is 2.64. The number of anilines is 1. The smallest absolute Gasteiger partial charge is 0.144 e. The highest BCUT2D eigenvalue weighted by Crippen LogP contribution is 2.23. The second-order valence-electron chi connectivity index (χ2n) is 5.33. The Kier molecular flexibility index (Phi) is 4.40. The average Bonchev–Trinajstić information content (AvgIpc) is 2.54. The quantitative estimate of drug-likeness (QED) is 0.907. The van der Waals surface area contributed by atoms with Crippen LogP contribution in [0.1, 0.15) is 30.0 Å². The standard InChI is InChI=1S/C16H19FN4/c17-14-3-1-2-12(8-14)9-20-16-11-19-15(10-21-16)13-4-6-18-7-5-13/h1-3,8,10-11,13,18H,4-7,9H2,(H,20,21). The highest BCUT2D eigenvalue weighted by atomic mass is 19.1. The van der Waals surface area contributed by atoms with Crippen molar-refractivity contribution in [3.05, 3.63) is 53.7 Å². The van der Waals surface area contributed by atoms with Crippen molar-refractivity contribution in [3.8, 4) is 0 Å². The first-order chi connectivity index (χ1) is 10.3. The van der Waals surface area contributed by atoms with E-state index < -0.39 is 0 Å². The SMILES string of the molecule is Fc1cccc(CNc2cnc(C3CCNCC3)cn2)c1. The first-order valence-electron chi connectivity index (χ1n) is 7.32. The molecular weight excluding hydrogens is 267 g/mol. The zero-order chi connectivity index (χ0) is 14.5. The fourth-order valence-electron chi connectivity index (χ4n) is 2.60. The van der Waals surface area contributed by atoms with Crippen molar-refractivity contribution in [3.63, 3.8) is 0 Å². The van der Waals surface area contributed by atoms with Gasteiger partial charge in [-0.25, -0.2) is 9.37 Å². The van der Waals surface area contributed by atoms with Crippen LogP contribution in [0, 0.1) is 5.82 Å². The summed E-state index contributed by atoms with van der Waals surface area (Å²) in [4.78, 5) is 8.91. The van der Waals surface area contributed by atoms with Crippen molar-refractivity contribution >= 4 is 5.82 Å². The van der Waals surface area contributed by atoms with Crippen LogP contribution in [0.5, 0.6) is 0 Å². The van der Waals surface area contributed by atoms with E-state index >= 15 is 0 Å². The molecular formula is C16H19FN4. The zero-order valence-electron chi connectivity index (χ0n) is 11.8. The molecule has 1 saturated heterocycles. The molecule has 3 rings (SSSR count). The van der Waals surface area contributed by atoms with Gasteiger partial charge in [-0.15, -0.1) is 0 Å². The molecule has 21 heavy (non-hydrogen) atoms. The molecule has 5 heteroatoms. The summed E-state index contributed by atoms with van der Waals surface area (Å²) < 4.78 is 13.1. The number of aromatic nitrogens is 2. The lowest BCUT2D eigenvalue weighted by atomic mass is 9.95. The van der Waals surface area contributed by atoms with Gasteiger partial charge in [-0.05, 0) is 43.6 Å². The lowest BCUT2D eigenvalue weighted by Crippen LogP contribution is -2.27. The number of benzene rings is 1. The fraction of sp³-hybridized carbons (Fsp3) is 0.375. The Morgan fingerprint density at radius 2 is 2.05 bits per heavy atom. The van der Waals surface area contributed by atoms with Gasteiger partial charge in [0, 0.05) is 12.5 Å². The molecule has 0 radical (unpaired) electrons. The van der Waals surface area contributed by atoms with Gasteiger partial charge in [0.1, 0.15) is 11.6 Å². The van der Waals surface area contributed by atoms with Crippen molar-refractivity contribution in [1.29, 1.82) is 0 Å². The molecule has 1 aliphatic rings. The molecule has 2 heterocycles. The van der Waals surface area contributed by atoms with Gasteiger partial charge in [0.15, 0.2) is 0 Å². The average molecular weight is 286 g/mol. The van der Waals surface area contributed by atoms with E-state index in [1.807, 2.05) is 12.3 Å². The lowest BCUT2D eigenvalue weighted by molar-refractivity contribution is 0.452. The van der Waals surface area contributed by atoms with Crippen LogP contribution >= 0.6 is 0 Å². The van der Waals surface area contributed by atoms with E-state index in [1.165, 1.54) is 12.1 Å². The van der Waals surface area contributed by atoms with Crippen LogP contribution in [-0.2, 0) is 6.54 Å². The van der Waals surface area contributed by atoms with E-state index in [0.29, 0.717) is 12.5 Å². The number of nitrogens with zero attached hydrogens (tertiary/aromatic N) is 2. The van der Waals surface area contributed by atoms with Gasteiger partial charge < -0.3 is 10.6 Å². The van der Waals surface area contributed by atoms with Gasteiger partial charge in [0.2, 0.25) is 0 Å². The van der Waals surface area contributed by atoms with Crippen molar-refractivity contribution in [2.24, 2.45) is 0 Å². The number of nitrogens with one attached hydrogen (secondary N) is 2. The van der Waals surface area contributed by atoms with E-state index in [1.54, 1.807) is 12.3 Å². The maximum Gasteiger partial charge on any atom is 0.144 e. The predicted molar refractivity (Wildman–Crippen MR) is 80.6 cm³/mol. The van der Waals surface area contributed by atoms with Crippen LogP contribution < -0.4 is 10.6 Å². The van der Waals surface area contributed by atoms with Crippen LogP contribution in [-0.4, -0.2) is 23.1 Å². The fourth-order valence-corrected chi connectivity index (χ4v) is 2.60. The first kappa shape index (κ1) is 13.9. The Balaban J connectivity index is 1.59. The highest BCUT2D eigenvalue weighted by Gasteiger charge is 2.16. The molecule has 0 bridgehead atoms. The normalized spacial score (nSPS) is 15.9. The van der Waals surface area contributed by atoms with Crippen LogP contribution in [0.3, 0.4) is 0 Å². The molecule has 0 aliphatic carbocycles. The molecule has 2 N–H and O–H groups in total. The van der Waals surface area contributed by atoms with Gasteiger partial charge in [-0.3, -0.25) is 4.98 Å². The Morgan fingerprint density at radius 3 is 2.76 bits per heavy atom. The third-order valence-electron chi connectivity index (χ3n) is 3.79. The van der Waals surface area contributed by atoms with Gasteiger partial charge in [0.25, 0.3) is 0 Å². The number of piperidine rings is 1. The summed E-state index contributed by atoms with van der Waals surface area (Å²) in [5.41, 5.74) is 1.95. The molecule has 1 fully saturated rings. The molecule has 1 aromatic carbocycles. The molecule has 0 atom stereocenters. The molecule has 1 aromatic heterocycles. The second kappa shape index (κ2) is 6.63. The number of hydrogen-bond acceptors (Lipinski definition) is 4. The molecule has 0 saturated carbocycles. The summed E-state index contributed by atoms with van der Waals surface area (Å²) in [6, 6.07) is 6.55. The number of hydrogen-bond donors (Lipinski definition) is 2. The molecule has 2 aromatic rings. The van der Waals surface area contributed by atoms with Crippen LogP contribution in [0.25, 0.3) is 0 Å². The van der Waals surface area contributed by atoms with E-state index in [0.717, 1.165) is 43.0 Å². The molecule has 1 aliphatic heterocycles. The third-order valence-corrected chi connectivity index (χ3v) is 3.79. The molecule has 4 nitrogen and oxygen atoms in total. The van der Waals surface area contributed by atoms with Gasteiger partial charge >= 0.3 is 0 Å². The van der Waals surface area contributed by atoms with Gasteiger partial charge in [-0.2, -0.15) is 0 Å². The van der Waals surface area contributed by atoms with Crippen LogP contribution in [0.2, 0.25) is 0 Å². The van der Waals surface area contributed by atoms with Crippen LogP contribution in [0.15, 0.2) is 36.7 Å². The first-order valence-corrected chi connectivity index (χ1v) is 7.32. The topological polar surface area (TPSA) is 49.8 Å². The molecule has 0 spiro atoms. The lowest BCUT2D eigenvalue weighted by Gasteiger charge is -2.21. The highest BCUT2D eigenvalue weighted by molar-refractivity contribution is 5.33. The summed E-state index contributed by atoms with van der Waals surface area (Å²) in [5.74, 6) is 1.01. The minimum Gasteiger partial charge on any atom is -0.365 e. The Morgan fingerprint density at radius 1 is 1.19 bits per heavy atom. The summed E-state index contributed by atoms with van der Waals surface area (Å²) in [5, 5.41) is 6.51.